The lowest BCUT2D eigenvalue weighted by Gasteiger charge is -2.06. The van der Waals surface area contributed by atoms with Crippen molar-refractivity contribution in [3.63, 3.8) is 0 Å². The molecule has 2 nitrogen and oxygen atoms in total. The van der Waals surface area contributed by atoms with E-state index in [9.17, 15) is 4.79 Å². The molecule has 0 aromatic carbocycles. The summed E-state index contributed by atoms with van der Waals surface area (Å²) >= 11 is 0. The molecule has 262 valence electrons. The maximum Gasteiger partial charge on any atom is 0.219 e. The van der Waals surface area contributed by atoms with Gasteiger partial charge in [0.2, 0.25) is 5.91 Å². The summed E-state index contributed by atoms with van der Waals surface area (Å²) < 4.78 is 0. The minimum atomic E-state index is 0.277. The molecule has 0 aliphatic heterocycles. The van der Waals surface area contributed by atoms with Crippen molar-refractivity contribution in [2.24, 2.45) is 0 Å². The second kappa shape index (κ2) is 40.2. The van der Waals surface area contributed by atoms with Gasteiger partial charge in [-0.05, 0) is 38.5 Å². The molecule has 1 N–H and O–H groups in total. The van der Waals surface area contributed by atoms with Gasteiger partial charge in [0, 0.05) is 13.0 Å². The molecule has 0 saturated carbocycles. The first-order valence-corrected chi connectivity index (χ1v) is 20.7. The highest BCUT2D eigenvalue weighted by molar-refractivity contribution is 5.75. The van der Waals surface area contributed by atoms with Crippen LogP contribution in [-0.4, -0.2) is 12.5 Å². The summed E-state index contributed by atoms with van der Waals surface area (Å²) in [5, 5.41) is 3.15. The third kappa shape index (κ3) is 39.2. The number of hydrogen-bond acceptors (Lipinski definition) is 1. The van der Waals surface area contributed by atoms with E-state index >= 15 is 0 Å². The van der Waals surface area contributed by atoms with E-state index in [4.69, 9.17) is 0 Å². The van der Waals surface area contributed by atoms with Gasteiger partial charge in [-0.15, -0.1) is 0 Å². The molecule has 0 spiro atoms. The summed E-state index contributed by atoms with van der Waals surface area (Å²) in [5.74, 6) is 0.277. The van der Waals surface area contributed by atoms with Crippen molar-refractivity contribution in [3.8, 4) is 0 Å². The third-order valence-electron chi connectivity index (χ3n) is 9.52. The van der Waals surface area contributed by atoms with Crippen LogP contribution >= 0.6 is 0 Å². The van der Waals surface area contributed by atoms with Crippen LogP contribution in [0, 0.1) is 0 Å². The van der Waals surface area contributed by atoms with Crippen molar-refractivity contribution in [2.45, 2.75) is 245 Å². The molecule has 0 atom stereocenters. The molecule has 0 saturated heterocycles. The number of carbonyl (C=O) groups is 1. The Kier molecular flexibility index (Phi) is 39.5. The molecule has 0 fully saturated rings. The normalized spacial score (nSPS) is 11.6. The Morgan fingerprint density at radius 1 is 0.364 bits per heavy atom. The zero-order chi connectivity index (χ0) is 31.9. The summed E-state index contributed by atoms with van der Waals surface area (Å²) in [6.45, 7) is 5.47. The SMILES string of the molecule is CCCCCCCC/C=C\CCCCCCCCCCCCCC(=O)NCCCCCCCCCCCCCCCCCC. The van der Waals surface area contributed by atoms with E-state index in [2.05, 4.69) is 31.3 Å². The van der Waals surface area contributed by atoms with E-state index in [0.717, 1.165) is 25.8 Å². The van der Waals surface area contributed by atoms with Crippen molar-refractivity contribution in [3.05, 3.63) is 12.2 Å². The van der Waals surface area contributed by atoms with Gasteiger partial charge in [-0.25, -0.2) is 0 Å². The molecule has 44 heavy (non-hydrogen) atoms. The average molecular weight is 618 g/mol. The zero-order valence-corrected chi connectivity index (χ0v) is 30.7. The van der Waals surface area contributed by atoms with Gasteiger partial charge < -0.3 is 5.32 Å². The van der Waals surface area contributed by atoms with E-state index in [0.29, 0.717) is 0 Å². The Morgan fingerprint density at radius 2 is 0.636 bits per heavy atom. The maximum absolute atomic E-state index is 12.1. The van der Waals surface area contributed by atoms with Gasteiger partial charge in [-0.2, -0.15) is 0 Å². The molecule has 0 aromatic rings. The molecule has 0 heterocycles. The first kappa shape index (κ1) is 43.2. The highest BCUT2D eigenvalue weighted by atomic mass is 16.1. The van der Waals surface area contributed by atoms with Crippen LogP contribution in [0.1, 0.15) is 245 Å². The van der Waals surface area contributed by atoms with E-state index in [1.165, 1.54) is 212 Å². The Labute approximate surface area is 279 Å². The van der Waals surface area contributed by atoms with Crippen molar-refractivity contribution >= 4 is 5.91 Å². The maximum atomic E-state index is 12.1. The highest BCUT2D eigenvalue weighted by Gasteiger charge is 2.01. The molecule has 0 unspecified atom stereocenters. The lowest BCUT2D eigenvalue weighted by Crippen LogP contribution is -2.23. The Morgan fingerprint density at radius 3 is 0.977 bits per heavy atom. The smallest absolute Gasteiger partial charge is 0.219 e. The molecule has 0 aromatic heterocycles. The molecule has 1 amide bonds. The van der Waals surface area contributed by atoms with Gasteiger partial charge in [0.25, 0.3) is 0 Å². The molecular weight excluding hydrogens is 534 g/mol. The van der Waals surface area contributed by atoms with E-state index < -0.39 is 0 Å². The van der Waals surface area contributed by atoms with Crippen LogP contribution < -0.4 is 5.32 Å². The quantitative estimate of drug-likeness (QED) is 0.0542. The summed E-state index contributed by atoms with van der Waals surface area (Å²) in [6, 6.07) is 0. The largest absolute Gasteiger partial charge is 0.356 e. The number of hydrogen-bond donors (Lipinski definition) is 1. The molecule has 0 radical (unpaired) electrons. The number of carbonyl (C=O) groups excluding carboxylic acids is 1. The van der Waals surface area contributed by atoms with E-state index in [-0.39, 0.29) is 5.91 Å². The number of unbranched alkanes of at least 4 members (excludes halogenated alkanes) is 32. The number of allylic oxidation sites excluding steroid dienone is 2. The van der Waals surface area contributed by atoms with Gasteiger partial charge in [-0.1, -0.05) is 212 Å². The molecule has 0 bridgehead atoms. The second-order valence-electron chi connectivity index (χ2n) is 14.1. The van der Waals surface area contributed by atoms with Gasteiger partial charge in [0.15, 0.2) is 0 Å². The predicted molar refractivity (Wildman–Crippen MR) is 200 cm³/mol. The minimum Gasteiger partial charge on any atom is -0.356 e. The fourth-order valence-corrected chi connectivity index (χ4v) is 6.41. The Balaban J connectivity index is 3.17. The second-order valence-corrected chi connectivity index (χ2v) is 14.1. The lowest BCUT2D eigenvalue weighted by molar-refractivity contribution is -0.121. The zero-order valence-electron chi connectivity index (χ0n) is 30.7. The average Bonchev–Trinajstić information content (AvgIpc) is 3.03. The fourth-order valence-electron chi connectivity index (χ4n) is 6.41. The third-order valence-corrected chi connectivity index (χ3v) is 9.52. The summed E-state index contributed by atoms with van der Waals surface area (Å²) in [6.07, 6.45) is 53.7. The van der Waals surface area contributed by atoms with Crippen LogP contribution in [0.15, 0.2) is 12.2 Å². The fraction of sp³-hybridized carbons (Fsp3) is 0.929. The first-order chi connectivity index (χ1) is 21.8. The van der Waals surface area contributed by atoms with Crippen molar-refractivity contribution in [2.75, 3.05) is 6.54 Å². The van der Waals surface area contributed by atoms with Gasteiger partial charge >= 0.3 is 0 Å². The molecule has 2 heteroatoms. The monoisotopic (exact) mass is 618 g/mol. The molecule has 0 rings (SSSR count). The number of rotatable bonds is 38. The van der Waals surface area contributed by atoms with Crippen LogP contribution in [0.25, 0.3) is 0 Å². The molecule has 0 aliphatic carbocycles. The number of nitrogens with one attached hydrogen (secondary N) is 1. The molecular formula is C42H83NO. The Bertz CT molecular complexity index is 556. The van der Waals surface area contributed by atoms with Gasteiger partial charge in [-0.3, -0.25) is 4.79 Å². The predicted octanol–water partition coefficient (Wildman–Crippen LogP) is 14.7. The van der Waals surface area contributed by atoms with Gasteiger partial charge in [0.1, 0.15) is 0 Å². The molecule has 0 aliphatic rings. The summed E-state index contributed by atoms with van der Waals surface area (Å²) in [5.41, 5.74) is 0. The Hall–Kier alpha value is -0.790. The van der Waals surface area contributed by atoms with Crippen molar-refractivity contribution in [1.82, 2.24) is 5.32 Å². The summed E-state index contributed by atoms with van der Waals surface area (Å²) in [7, 11) is 0. The topological polar surface area (TPSA) is 29.1 Å². The van der Waals surface area contributed by atoms with Crippen LogP contribution in [0.3, 0.4) is 0 Å². The standard InChI is InChI=1S/C42H83NO/c1-3-5-7-9-11-13-15-17-19-21-22-23-24-25-26-28-30-32-34-36-38-40-42(44)43-41-39-37-35-33-31-29-27-20-18-16-14-12-10-8-6-4-2/h17,19H,3-16,18,20-41H2,1-2H3,(H,43,44)/b19-17-. The minimum absolute atomic E-state index is 0.277. The van der Waals surface area contributed by atoms with E-state index in [1.54, 1.807) is 0 Å². The van der Waals surface area contributed by atoms with E-state index in [1.807, 2.05) is 0 Å². The van der Waals surface area contributed by atoms with Crippen molar-refractivity contribution in [1.29, 1.82) is 0 Å². The van der Waals surface area contributed by atoms with Gasteiger partial charge in [0.05, 0.1) is 0 Å². The van der Waals surface area contributed by atoms with Crippen LogP contribution in [0.4, 0.5) is 0 Å². The first-order valence-electron chi connectivity index (χ1n) is 20.7. The summed E-state index contributed by atoms with van der Waals surface area (Å²) in [4.78, 5) is 12.1. The van der Waals surface area contributed by atoms with Crippen molar-refractivity contribution < 1.29 is 4.79 Å². The lowest BCUT2D eigenvalue weighted by atomic mass is 10.0. The number of amides is 1. The van der Waals surface area contributed by atoms with Crippen LogP contribution in [0.2, 0.25) is 0 Å². The van der Waals surface area contributed by atoms with Crippen LogP contribution in [0.5, 0.6) is 0 Å². The highest BCUT2D eigenvalue weighted by Crippen LogP contribution is 2.15. The van der Waals surface area contributed by atoms with Crippen LogP contribution in [-0.2, 0) is 4.79 Å².